The van der Waals surface area contributed by atoms with Crippen LogP contribution < -0.4 is 5.32 Å². The van der Waals surface area contributed by atoms with Crippen LogP contribution in [0, 0.1) is 6.92 Å². The van der Waals surface area contributed by atoms with Crippen LogP contribution in [0.2, 0.25) is 0 Å². The number of nitrogens with zero attached hydrogens (tertiary/aromatic N) is 2. The van der Waals surface area contributed by atoms with Crippen molar-refractivity contribution in [2.45, 2.75) is 6.92 Å². The maximum Gasteiger partial charge on any atom is 0.265 e. The first-order valence-corrected chi connectivity index (χ1v) is 7.90. The Morgan fingerprint density at radius 2 is 2.00 bits per heavy atom. The first kappa shape index (κ1) is 16.1. The van der Waals surface area contributed by atoms with Crippen LogP contribution >= 0.6 is 12.2 Å². The van der Waals surface area contributed by atoms with E-state index in [-0.39, 0.29) is 17.2 Å². The Morgan fingerprint density at radius 3 is 2.71 bits per heavy atom. The Labute approximate surface area is 145 Å². The van der Waals surface area contributed by atoms with E-state index in [0.29, 0.717) is 0 Å². The predicted octanol–water partition coefficient (Wildman–Crippen LogP) is 2.30. The molecule has 1 aromatic heterocycles. The molecule has 1 aliphatic heterocycles. The molecule has 2 aromatic rings. The minimum atomic E-state index is -0.474. The van der Waals surface area contributed by atoms with E-state index >= 15 is 0 Å². The molecule has 1 aliphatic rings. The third-order valence-corrected chi connectivity index (χ3v) is 4.56. The van der Waals surface area contributed by atoms with Gasteiger partial charge in [-0.25, -0.2) is 0 Å². The fourth-order valence-corrected chi connectivity index (χ4v) is 3.12. The lowest BCUT2D eigenvalue weighted by Gasteiger charge is -2.27. The molecule has 1 aromatic carbocycles. The van der Waals surface area contributed by atoms with Crippen molar-refractivity contribution >= 4 is 46.1 Å². The summed E-state index contributed by atoms with van der Waals surface area (Å²) in [6.07, 6.45) is 3.22. The smallest absolute Gasteiger partial charge is 0.265 e. The molecule has 5 nitrogen and oxygen atoms in total. The molecule has 2 heterocycles. The predicted molar refractivity (Wildman–Crippen MR) is 98.3 cm³/mol. The van der Waals surface area contributed by atoms with Gasteiger partial charge in [0.05, 0.1) is 0 Å². The summed E-state index contributed by atoms with van der Waals surface area (Å²) >= 11 is 5.07. The first-order valence-electron chi connectivity index (χ1n) is 7.49. The summed E-state index contributed by atoms with van der Waals surface area (Å²) in [5.74, 6) is -0.881. The third-order valence-electron chi connectivity index (χ3n) is 4.23. The van der Waals surface area contributed by atoms with E-state index in [9.17, 15) is 9.59 Å². The summed E-state index contributed by atoms with van der Waals surface area (Å²) in [6, 6.07) is 7.88. The average molecular weight is 339 g/mol. The monoisotopic (exact) mass is 339 g/mol. The number of aryl methyl sites for hydroxylation is 1. The molecule has 0 bridgehead atoms. The van der Waals surface area contributed by atoms with Gasteiger partial charge in [0.15, 0.2) is 5.11 Å². The molecule has 6 heteroatoms. The average Bonchev–Trinajstić information content (AvgIpc) is 2.80. The molecule has 0 saturated carbocycles. The van der Waals surface area contributed by atoms with Crippen LogP contribution in [-0.2, 0) is 16.6 Å². The maximum absolute atomic E-state index is 12.6. The zero-order valence-electron chi connectivity index (χ0n) is 13.5. The van der Waals surface area contributed by atoms with Gasteiger partial charge in [-0.3, -0.25) is 19.8 Å². The van der Waals surface area contributed by atoms with E-state index in [1.165, 1.54) is 4.90 Å². The Morgan fingerprint density at radius 1 is 1.29 bits per heavy atom. The van der Waals surface area contributed by atoms with Crippen LogP contribution in [-0.4, -0.2) is 32.9 Å². The number of rotatable bonds is 3. The number of fused-ring (bicyclic) bond motifs is 1. The molecule has 0 spiro atoms. The summed E-state index contributed by atoms with van der Waals surface area (Å²) in [7, 11) is 1.96. The van der Waals surface area contributed by atoms with Crippen molar-refractivity contribution in [2.24, 2.45) is 7.05 Å². The normalized spacial score (nSPS) is 16.8. The summed E-state index contributed by atoms with van der Waals surface area (Å²) in [5, 5.41) is 3.67. The van der Waals surface area contributed by atoms with Gasteiger partial charge in [0, 0.05) is 35.8 Å². The van der Waals surface area contributed by atoms with Gasteiger partial charge >= 0.3 is 0 Å². The molecule has 1 fully saturated rings. The van der Waals surface area contributed by atoms with Gasteiger partial charge < -0.3 is 4.57 Å². The van der Waals surface area contributed by atoms with E-state index in [2.05, 4.69) is 11.9 Å². The van der Waals surface area contributed by atoms with Crippen LogP contribution in [0.3, 0.4) is 0 Å². The standard InChI is InChI=1S/C18H17N3O2S/c1-4-9-21-17(23)14(16(22)19-18(21)24)10-13-11(2)20(3)15-8-6-5-7-12(13)15/h4-8,10H,1,9H2,2-3H3,(H,19,22,24)/b14-10-. The number of thiocarbonyl (C=S) groups is 1. The Hall–Kier alpha value is -2.73. The summed E-state index contributed by atoms with van der Waals surface area (Å²) in [5.41, 5.74) is 2.96. The van der Waals surface area contributed by atoms with Gasteiger partial charge in [-0.1, -0.05) is 24.3 Å². The molecule has 0 atom stereocenters. The number of carbonyl (C=O) groups is 2. The fourth-order valence-electron chi connectivity index (χ4n) is 2.87. The highest BCUT2D eigenvalue weighted by Gasteiger charge is 2.33. The van der Waals surface area contributed by atoms with E-state index in [0.717, 1.165) is 22.2 Å². The molecule has 0 unspecified atom stereocenters. The SMILES string of the molecule is C=CCN1C(=O)/C(=C\c2c(C)n(C)c3ccccc23)C(=O)NC1=S. The number of hydrogen-bond acceptors (Lipinski definition) is 3. The lowest BCUT2D eigenvalue weighted by atomic mass is 10.0. The number of para-hydroxylation sites is 1. The quantitative estimate of drug-likeness (QED) is 0.404. The molecule has 122 valence electrons. The second kappa shape index (κ2) is 6.05. The highest BCUT2D eigenvalue weighted by Crippen LogP contribution is 2.27. The highest BCUT2D eigenvalue weighted by molar-refractivity contribution is 7.80. The van der Waals surface area contributed by atoms with E-state index in [1.807, 2.05) is 42.8 Å². The van der Waals surface area contributed by atoms with Crippen molar-refractivity contribution < 1.29 is 9.59 Å². The van der Waals surface area contributed by atoms with Gasteiger partial charge in [-0.15, -0.1) is 6.58 Å². The molecular weight excluding hydrogens is 322 g/mol. The second-order valence-electron chi connectivity index (χ2n) is 5.60. The van der Waals surface area contributed by atoms with E-state index in [1.54, 1.807) is 12.2 Å². The highest BCUT2D eigenvalue weighted by atomic mass is 32.1. The number of amides is 2. The first-order chi connectivity index (χ1) is 11.5. The van der Waals surface area contributed by atoms with Crippen molar-refractivity contribution in [2.75, 3.05) is 6.54 Å². The van der Waals surface area contributed by atoms with Crippen LogP contribution in [0.4, 0.5) is 0 Å². The van der Waals surface area contributed by atoms with Crippen molar-refractivity contribution in [1.82, 2.24) is 14.8 Å². The molecule has 1 saturated heterocycles. The van der Waals surface area contributed by atoms with Crippen molar-refractivity contribution in [1.29, 1.82) is 0 Å². The van der Waals surface area contributed by atoms with Gasteiger partial charge in [0.25, 0.3) is 11.8 Å². The topological polar surface area (TPSA) is 54.3 Å². The van der Waals surface area contributed by atoms with Crippen LogP contribution in [0.1, 0.15) is 11.3 Å². The van der Waals surface area contributed by atoms with Gasteiger partial charge in [0.1, 0.15) is 5.57 Å². The minimum Gasteiger partial charge on any atom is -0.347 e. The number of aromatic nitrogens is 1. The van der Waals surface area contributed by atoms with E-state index in [4.69, 9.17) is 12.2 Å². The van der Waals surface area contributed by atoms with Gasteiger partial charge in [-0.2, -0.15) is 0 Å². The molecule has 2 amide bonds. The van der Waals surface area contributed by atoms with Crippen LogP contribution in [0.15, 0.2) is 42.5 Å². The van der Waals surface area contributed by atoms with Gasteiger partial charge in [-0.05, 0) is 31.3 Å². The summed E-state index contributed by atoms with van der Waals surface area (Å²) in [4.78, 5) is 26.3. The Bertz CT molecular complexity index is 924. The third kappa shape index (κ3) is 2.45. The van der Waals surface area contributed by atoms with E-state index < -0.39 is 11.8 Å². The Kier molecular flexibility index (Phi) is 4.07. The molecule has 0 radical (unpaired) electrons. The van der Waals surface area contributed by atoms with Crippen LogP contribution in [0.25, 0.3) is 17.0 Å². The zero-order chi connectivity index (χ0) is 17.4. The van der Waals surface area contributed by atoms with Crippen molar-refractivity contribution in [3.63, 3.8) is 0 Å². The minimum absolute atomic E-state index is 0.0740. The number of carbonyl (C=O) groups excluding carboxylic acids is 2. The molecule has 24 heavy (non-hydrogen) atoms. The summed E-state index contributed by atoms with van der Waals surface area (Å²) < 4.78 is 2.04. The summed E-state index contributed by atoms with van der Waals surface area (Å²) in [6.45, 7) is 5.84. The lowest BCUT2D eigenvalue weighted by molar-refractivity contribution is -0.128. The van der Waals surface area contributed by atoms with Gasteiger partial charge in [0.2, 0.25) is 0 Å². The molecular formula is C18H17N3O2S. The Balaban J connectivity index is 2.15. The lowest BCUT2D eigenvalue weighted by Crippen LogP contribution is -2.53. The second-order valence-corrected chi connectivity index (χ2v) is 5.98. The van der Waals surface area contributed by atoms with Crippen molar-refractivity contribution in [3.8, 4) is 0 Å². The molecule has 3 rings (SSSR count). The maximum atomic E-state index is 12.6. The van der Waals surface area contributed by atoms with Crippen LogP contribution in [0.5, 0.6) is 0 Å². The van der Waals surface area contributed by atoms with Crippen molar-refractivity contribution in [3.05, 3.63) is 53.8 Å². The number of hydrogen-bond donors (Lipinski definition) is 1. The molecule has 1 N–H and O–H groups in total. The molecule has 0 aliphatic carbocycles. The number of benzene rings is 1. The largest absolute Gasteiger partial charge is 0.347 e. The number of nitrogens with one attached hydrogen (secondary N) is 1. The fraction of sp³-hybridized carbons (Fsp3) is 0.167. The zero-order valence-corrected chi connectivity index (χ0v) is 14.3.